The number of nitrogens with one attached hydrogen (secondary N) is 2. The van der Waals surface area contributed by atoms with Crippen LogP contribution in [0.2, 0.25) is 0 Å². The molecule has 28 heavy (non-hydrogen) atoms. The third kappa shape index (κ3) is 4.06. The molecule has 1 atom stereocenters. The predicted octanol–water partition coefficient (Wildman–Crippen LogP) is 2.57. The Hall–Kier alpha value is -1.96. The summed E-state index contributed by atoms with van der Waals surface area (Å²) in [6.45, 7) is 3.81. The monoisotopic (exact) mass is 402 g/mol. The summed E-state index contributed by atoms with van der Waals surface area (Å²) in [6.07, 6.45) is 6.47. The lowest BCUT2D eigenvalue weighted by molar-refractivity contribution is -0.364. The third-order valence-corrected chi connectivity index (χ3v) is 7.53. The van der Waals surface area contributed by atoms with Gasteiger partial charge in [-0.1, -0.05) is 18.2 Å². The van der Waals surface area contributed by atoms with Gasteiger partial charge in [-0.2, -0.15) is 4.31 Å². The van der Waals surface area contributed by atoms with Crippen LogP contribution in [-0.4, -0.2) is 39.0 Å². The van der Waals surface area contributed by atoms with Crippen LogP contribution in [-0.2, 0) is 27.6 Å². The maximum absolute atomic E-state index is 12.7. The Morgan fingerprint density at radius 2 is 1.82 bits per heavy atom. The molecular weight excluding hydrogens is 374 g/mol. The number of aromatic nitrogens is 1. The summed E-state index contributed by atoms with van der Waals surface area (Å²) in [6, 6.07) is 10.3. The molecule has 6 nitrogen and oxygen atoms in total. The summed E-state index contributed by atoms with van der Waals surface area (Å²) in [7, 11) is -3.48. The van der Waals surface area contributed by atoms with E-state index in [-0.39, 0.29) is 10.9 Å². The molecule has 150 valence electrons. The van der Waals surface area contributed by atoms with Crippen LogP contribution in [0, 0.1) is 0 Å². The smallest absolute Gasteiger partial charge is 0.272 e. The second kappa shape index (κ2) is 8.19. The number of aryl methyl sites for hydroxylation is 2. The highest BCUT2D eigenvalue weighted by Gasteiger charge is 2.27. The number of hydrogen-bond donors (Lipinski definition) is 1. The molecule has 0 radical (unpaired) electrons. The minimum absolute atomic E-state index is 0.130. The zero-order valence-electron chi connectivity index (χ0n) is 16.3. The van der Waals surface area contributed by atoms with E-state index in [4.69, 9.17) is 4.74 Å². The molecule has 0 bridgehead atoms. The first-order valence-electron chi connectivity index (χ1n) is 10.0. The third-order valence-electron chi connectivity index (χ3n) is 5.64. The molecule has 1 aliphatic carbocycles. The summed E-state index contributed by atoms with van der Waals surface area (Å²) in [4.78, 5) is 3.38. The number of hydrogen-bond acceptors (Lipinski definition) is 4. The van der Waals surface area contributed by atoms with E-state index in [0.29, 0.717) is 26.3 Å². The fourth-order valence-corrected chi connectivity index (χ4v) is 5.31. The lowest BCUT2D eigenvalue weighted by Gasteiger charge is -2.25. The molecule has 1 aromatic carbocycles. The number of aromatic amines is 1. The van der Waals surface area contributed by atoms with Crippen LogP contribution in [0.4, 0.5) is 5.82 Å². The molecule has 2 aromatic rings. The van der Waals surface area contributed by atoms with Crippen molar-refractivity contribution >= 4 is 15.8 Å². The van der Waals surface area contributed by atoms with Gasteiger partial charge in [-0.25, -0.2) is 13.4 Å². The number of sulfonamides is 1. The van der Waals surface area contributed by atoms with Gasteiger partial charge in [0.15, 0.2) is 0 Å². The van der Waals surface area contributed by atoms with Gasteiger partial charge in [0.1, 0.15) is 17.1 Å². The van der Waals surface area contributed by atoms with Gasteiger partial charge < -0.3 is 4.74 Å². The first-order valence-corrected chi connectivity index (χ1v) is 11.5. The molecular formula is C21H28N3O3S+. The highest BCUT2D eigenvalue weighted by molar-refractivity contribution is 7.89. The number of rotatable bonds is 5. The standard InChI is InChI=1S/C21H27N3O3S/c1-16(18-7-6-17-4-2-3-5-19(17)14-18)23-21-9-8-20(15-22-21)28(25,26)24-10-12-27-13-11-24/h6-9,14-16H,2-5,10-13H2,1H3,(H,22,23)/p+1/t16-/m1/s1. The number of ether oxygens (including phenoxy) is 1. The van der Waals surface area contributed by atoms with Gasteiger partial charge in [-0.15, -0.1) is 0 Å². The van der Waals surface area contributed by atoms with Gasteiger partial charge in [0.25, 0.3) is 5.82 Å². The van der Waals surface area contributed by atoms with Crippen LogP contribution >= 0.6 is 0 Å². The summed E-state index contributed by atoms with van der Waals surface area (Å²) in [5, 5.41) is 3.44. The highest BCUT2D eigenvalue weighted by atomic mass is 32.2. The average molecular weight is 403 g/mol. The van der Waals surface area contributed by atoms with Crippen molar-refractivity contribution < 1.29 is 18.1 Å². The molecule has 0 saturated carbocycles. The molecule has 0 unspecified atom stereocenters. The van der Waals surface area contributed by atoms with Crippen LogP contribution < -0.4 is 10.3 Å². The van der Waals surface area contributed by atoms with Crippen molar-refractivity contribution in [2.45, 2.75) is 43.5 Å². The van der Waals surface area contributed by atoms with E-state index in [0.717, 1.165) is 12.2 Å². The van der Waals surface area contributed by atoms with Crippen LogP contribution in [0.15, 0.2) is 41.4 Å². The first kappa shape index (κ1) is 19.4. The highest BCUT2D eigenvalue weighted by Crippen LogP contribution is 2.26. The summed E-state index contributed by atoms with van der Waals surface area (Å²) < 4.78 is 32.1. The minimum Gasteiger partial charge on any atom is -0.379 e. The van der Waals surface area contributed by atoms with Crippen molar-refractivity contribution in [3.8, 4) is 0 Å². The van der Waals surface area contributed by atoms with Crippen molar-refractivity contribution in [3.05, 3.63) is 53.2 Å². The number of morpholine rings is 1. The molecule has 0 amide bonds. The van der Waals surface area contributed by atoms with Gasteiger partial charge in [0, 0.05) is 19.2 Å². The Morgan fingerprint density at radius 1 is 1.07 bits per heavy atom. The van der Waals surface area contributed by atoms with Gasteiger partial charge in [0.05, 0.1) is 13.2 Å². The van der Waals surface area contributed by atoms with Gasteiger partial charge in [-0.05, 0) is 55.4 Å². The molecule has 2 heterocycles. The zero-order chi connectivity index (χ0) is 19.6. The van der Waals surface area contributed by atoms with Crippen molar-refractivity contribution in [2.75, 3.05) is 31.6 Å². The van der Waals surface area contributed by atoms with Crippen molar-refractivity contribution in [2.24, 2.45) is 0 Å². The fraction of sp³-hybridized carbons (Fsp3) is 0.476. The number of anilines is 1. The number of benzene rings is 1. The molecule has 1 aromatic heterocycles. The molecule has 0 spiro atoms. The van der Waals surface area contributed by atoms with E-state index >= 15 is 0 Å². The average Bonchev–Trinajstić information content (AvgIpc) is 2.74. The lowest BCUT2D eigenvalue weighted by Crippen LogP contribution is -2.40. The maximum Gasteiger partial charge on any atom is 0.272 e. The summed E-state index contributed by atoms with van der Waals surface area (Å²) in [5.74, 6) is 0.797. The molecule has 2 N–H and O–H groups in total. The summed E-state index contributed by atoms with van der Waals surface area (Å²) >= 11 is 0. The largest absolute Gasteiger partial charge is 0.379 e. The van der Waals surface area contributed by atoms with Crippen LogP contribution in [0.25, 0.3) is 0 Å². The first-order chi connectivity index (χ1) is 13.5. The summed E-state index contributed by atoms with van der Waals surface area (Å²) in [5.41, 5.74) is 4.19. The van der Waals surface area contributed by atoms with Crippen LogP contribution in [0.1, 0.15) is 42.5 Å². The second-order valence-corrected chi connectivity index (χ2v) is 9.49. The Bertz CT molecular complexity index is 922. The van der Waals surface area contributed by atoms with E-state index in [1.165, 1.54) is 40.3 Å². The molecule has 1 aliphatic heterocycles. The minimum atomic E-state index is -3.48. The topological polar surface area (TPSA) is 72.8 Å². The van der Waals surface area contributed by atoms with Crippen molar-refractivity contribution in [3.63, 3.8) is 0 Å². The van der Waals surface area contributed by atoms with E-state index in [1.807, 2.05) is 0 Å². The Labute approximate surface area is 167 Å². The number of pyridine rings is 1. The number of fused-ring (bicyclic) bond motifs is 1. The van der Waals surface area contributed by atoms with Gasteiger partial charge >= 0.3 is 0 Å². The zero-order valence-corrected chi connectivity index (χ0v) is 17.1. The quantitative estimate of drug-likeness (QED) is 0.834. The van der Waals surface area contributed by atoms with E-state index in [9.17, 15) is 8.42 Å². The van der Waals surface area contributed by atoms with Crippen LogP contribution in [0.5, 0.6) is 0 Å². The fourth-order valence-electron chi connectivity index (χ4n) is 3.94. The Morgan fingerprint density at radius 3 is 2.54 bits per heavy atom. The second-order valence-electron chi connectivity index (χ2n) is 7.56. The molecule has 7 heteroatoms. The van der Waals surface area contributed by atoms with Crippen molar-refractivity contribution in [1.29, 1.82) is 0 Å². The van der Waals surface area contributed by atoms with E-state index < -0.39 is 10.0 Å². The van der Waals surface area contributed by atoms with E-state index in [2.05, 4.69) is 35.4 Å². The lowest BCUT2D eigenvalue weighted by atomic mass is 9.89. The number of H-pyrrole nitrogens is 1. The molecule has 1 saturated heterocycles. The normalized spacial score (nSPS) is 19.0. The number of nitrogens with zero attached hydrogens (tertiary/aromatic N) is 1. The Balaban J connectivity index is 1.45. The molecule has 1 fully saturated rings. The predicted molar refractivity (Wildman–Crippen MR) is 108 cm³/mol. The molecule has 2 aliphatic rings. The Kier molecular flexibility index (Phi) is 5.66. The maximum atomic E-state index is 12.7. The van der Waals surface area contributed by atoms with E-state index in [1.54, 1.807) is 18.3 Å². The van der Waals surface area contributed by atoms with Gasteiger partial charge in [0.2, 0.25) is 10.0 Å². The SMILES string of the molecule is C[C@@H](Nc1ccc(S(=O)(=O)N2CCOCC2)c[nH+]1)c1ccc2c(c1)CCCC2. The molecule has 4 rings (SSSR count). The van der Waals surface area contributed by atoms with Crippen LogP contribution in [0.3, 0.4) is 0 Å². The van der Waals surface area contributed by atoms with Crippen molar-refractivity contribution in [1.82, 2.24) is 4.31 Å². The van der Waals surface area contributed by atoms with Gasteiger partial charge in [-0.3, -0.25) is 5.32 Å².